The monoisotopic (exact) mass is 352 g/mol. The molecule has 0 heterocycles. The van der Waals surface area contributed by atoms with Gasteiger partial charge in [-0.15, -0.1) is 0 Å². The number of para-hydroxylation sites is 1. The second-order valence-electron chi connectivity index (χ2n) is 5.16. The topological polar surface area (TPSA) is 80.6 Å². The van der Waals surface area contributed by atoms with Crippen LogP contribution in [0, 0.1) is 11.3 Å². The average molecular weight is 352 g/mol. The van der Waals surface area contributed by atoms with Gasteiger partial charge >= 0.3 is 0 Å². The van der Waals surface area contributed by atoms with Crippen molar-refractivity contribution in [3.05, 3.63) is 53.6 Å². The third-order valence-electron chi connectivity index (χ3n) is 3.52. The molecule has 1 amide bonds. The summed E-state index contributed by atoms with van der Waals surface area (Å²) in [4.78, 5) is 12.4. The number of nitrogens with zero attached hydrogens (tertiary/aromatic N) is 1. The van der Waals surface area contributed by atoms with E-state index in [0.29, 0.717) is 35.1 Å². The summed E-state index contributed by atoms with van der Waals surface area (Å²) in [6.07, 6.45) is 1.46. The van der Waals surface area contributed by atoms with Crippen molar-refractivity contribution in [2.24, 2.45) is 0 Å². The van der Waals surface area contributed by atoms with Crippen molar-refractivity contribution < 1.29 is 19.0 Å². The van der Waals surface area contributed by atoms with E-state index in [1.165, 1.54) is 20.3 Å². The molecule has 2 aromatic carbocycles. The molecule has 2 rings (SSSR count). The predicted octanol–water partition coefficient (Wildman–Crippen LogP) is 3.65. The normalized spacial score (nSPS) is 10.6. The summed E-state index contributed by atoms with van der Waals surface area (Å²) in [6, 6.07) is 14.1. The lowest BCUT2D eigenvalue weighted by atomic mass is 10.1. The largest absolute Gasteiger partial charge is 0.494 e. The fourth-order valence-corrected chi connectivity index (χ4v) is 2.33. The van der Waals surface area contributed by atoms with Gasteiger partial charge in [-0.1, -0.05) is 12.1 Å². The maximum absolute atomic E-state index is 12.4. The summed E-state index contributed by atoms with van der Waals surface area (Å²) in [5, 5.41) is 12.1. The van der Waals surface area contributed by atoms with Crippen molar-refractivity contribution in [1.29, 1.82) is 5.26 Å². The van der Waals surface area contributed by atoms with Gasteiger partial charge in [-0.05, 0) is 43.3 Å². The molecule has 0 unspecified atom stereocenters. The molecule has 0 saturated heterocycles. The summed E-state index contributed by atoms with van der Waals surface area (Å²) < 4.78 is 15.9. The predicted molar refractivity (Wildman–Crippen MR) is 99.4 cm³/mol. The van der Waals surface area contributed by atoms with Crippen LogP contribution in [0.1, 0.15) is 12.5 Å². The quantitative estimate of drug-likeness (QED) is 0.608. The number of anilines is 1. The van der Waals surface area contributed by atoms with Gasteiger partial charge in [-0.25, -0.2) is 0 Å². The van der Waals surface area contributed by atoms with Gasteiger partial charge < -0.3 is 19.5 Å². The molecule has 0 fully saturated rings. The first-order chi connectivity index (χ1) is 12.6. The first kappa shape index (κ1) is 18.9. The molecular formula is C20H20N2O4. The second-order valence-corrected chi connectivity index (χ2v) is 5.16. The molecule has 0 bridgehead atoms. The lowest BCUT2D eigenvalue weighted by Gasteiger charge is -2.10. The average Bonchev–Trinajstić information content (AvgIpc) is 2.67. The van der Waals surface area contributed by atoms with Crippen LogP contribution >= 0.6 is 0 Å². The number of hydrogen-bond donors (Lipinski definition) is 1. The van der Waals surface area contributed by atoms with Gasteiger partial charge in [-0.2, -0.15) is 5.26 Å². The Morgan fingerprint density at radius 3 is 2.46 bits per heavy atom. The smallest absolute Gasteiger partial charge is 0.266 e. The fourth-order valence-electron chi connectivity index (χ4n) is 2.33. The number of carbonyl (C=O) groups is 1. The minimum Gasteiger partial charge on any atom is -0.494 e. The minimum atomic E-state index is -0.512. The zero-order chi connectivity index (χ0) is 18.9. The van der Waals surface area contributed by atoms with E-state index in [2.05, 4.69) is 5.32 Å². The molecule has 0 radical (unpaired) electrons. The van der Waals surface area contributed by atoms with Gasteiger partial charge in [0.2, 0.25) is 0 Å². The summed E-state index contributed by atoms with van der Waals surface area (Å²) >= 11 is 0. The maximum Gasteiger partial charge on any atom is 0.266 e. The number of ether oxygens (including phenoxy) is 3. The standard InChI is InChI=1S/C20H20N2O4/c1-4-26-17-10-8-16(9-11-17)22-20(23)15(13-21)12-14-6-5-7-18(24-2)19(14)25-3/h5-12H,4H2,1-3H3,(H,22,23)/b15-12-. The van der Waals surface area contributed by atoms with Crippen molar-refractivity contribution in [2.45, 2.75) is 6.92 Å². The number of nitrogens with one attached hydrogen (secondary N) is 1. The molecule has 1 N–H and O–H groups in total. The summed E-state index contributed by atoms with van der Waals surface area (Å²) in [5.74, 6) is 1.17. The van der Waals surface area contributed by atoms with E-state index in [1.807, 2.05) is 13.0 Å². The fraction of sp³-hybridized carbons (Fsp3) is 0.200. The van der Waals surface area contributed by atoms with Crippen LogP contribution in [0.3, 0.4) is 0 Å². The van der Waals surface area contributed by atoms with Crippen LogP contribution in [0.5, 0.6) is 17.2 Å². The van der Waals surface area contributed by atoms with Crippen molar-refractivity contribution in [3.8, 4) is 23.3 Å². The number of benzene rings is 2. The van der Waals surface area contributed by atoms with Gasteiger partial charge in [0.05, 0.1) is 20.8 Å². The van der Waals surface area contributed by atoms with Crippen LogP contribution in [-0.2, 0) is 4.79 Å². The molecule has 26 heavy (non-hydrogen) atoms. The van der Waals surface area contributed by atoms with E-state index >= 15 is 0 Å². The molecule has 0 atom stereocenters. The number of rotatable bonds is 7. The number of amides is 1. The van der Waals surface area contributed by atoms with Gasteiger partial charge in [0.15, 0.2) is 11.5 Å². The van der Waals surface area contributed by atoms with Crippen molar-refractivity contribution in [1.82, 2.24) is 0 Å². The van der Waals surface area contributed by atoms with E-state index in [1.54, 1.807) is 42.5 Å². The number of hydrogen-bond acceptors (Lipinski definition) is 5. The Kier molecular flexibility index (Phi) is 6.63. The number of carbonyl (C=O) groups excluding carboxylic acids is 1. The summed E-state index contributed by atoms with van der Waals surface area (Å²) in [7, 11) is 3.02. The highest BCUT2D eigenvalue weighted by molar-refractivity contribution is 6.09. The lowest BCUT2D eigenvalue weighted by Crippen LogP contribution is -2.13. The van der Waals surface area contributed by atoms with Crippen molar-refractivity contribution in [2.75, 3.05) is 26.1 Å². The van der Waals surface area contributed by atoms with Crippen LogP contribution in [0.4, 0.5) is 5.69 Å². The molecule has 0 aliphatic rings. The third-order valence-corrected chi connectivity index (χ3v) is 3.52. The maximum atomic E-state index is 12.4. The zero-order valence-electron chi connectivity index (χ0n) is 14.9. The highest BCUT2D eigenvalue weighted by atomic mass is 16.5. The van der Waals surface area contributed by atoms with Gasteiger partial charge in [-0.3, -0.25) is 4.79 Å². The Morgan fingerprint density at radius 1 is 1.15 bits per heavy atom. The molecular weight excluding hydrogens is 332 g/mol. The van der Waals surface area contributed by atoms with E-state index in [0.717, 1.165) is 0 Å². The van der Waals surface area contributed by atoms with Crippen molar-refractivity contribution in [3.63, 3.8) is 0 Å². The SMILES string of the molecule is CCOc1ccc(NC(=O)/C(C#N)=C\c2cccc(OC)c2OC)cc1. The molecule has 6 heteroatoms. The highest BCUT2D eigenvalue weighted by Gasteiger charge is 2.13. The van der Waals surface area contributed by atoms with Gasteiger partial charge in [0.25, 0.3) is 5.91 Å². The Labute approximate surface area is 152 Å². The van der Waals surface area contributed by atoms with E-state index < -0.39 is 5.91 Å². The minimum absolute atomic E-state index is 0.0505. The van der Waals surface area contributed by atoms with Gasteiger partial charge in [0, 0.05) is 11.3 Å². The van der Waals surface area contributed by atoms with Crippen LogP contribution < -0.4 is 19.5 Å². The lowest BCUT2D eigenvalue weighted by molar-refractivity contribution is -0.112. The Balaban J connectivity index is 2.23. The van der Waals surface area contributed by atoms with Crippen LogP contribution in [0.25, 0.3) is 6.08 Å². The van der Waals surface area contributed by atoms with Crippen molar-refractivity contribution >= 4 is 17.7 Å². The van der Waals surface area contributed by atoms with E-state index in [-0.39, 0.29) is 5.57 Å². The first-order valence-electron chi connectivity index (χ1n) is 8.00. The molecule has 134 valence electrons. The Morgan fingerprint density at radius 2 is 1.88 bits per heavy atom. The summed E-state index contributed by atoms with van der Waals surface area (Å²) in [5.41, 5.74) is 1.09. The summed E-state index contributed by atoms with van der Waals surface area (Å²) in [6.45, 7) is 2.46. The second kappa shape index (κ2) is 9.14. The molecule has 0 aromatic heterocycles. The van der Waals surface area contributed by atoms with Crippen LogP contribution in [0.15, 0.2) is 48.0 Å². The third kappa shape index (κ3) is 4.54. The molecule has 6 nitrogen and oxygen atoms in total. The Bertz CT molecular complexity index is 836. The Hall–Kier alpha value is -3.46. The molecule has 0 aliphatic carbocycles. The highest BCUT2D eigenvalue weighted by Crippen LogP contribution is 2.32. The number of nitriles is 1. The van der Waals surface area contributed by atoms with E-state index in [9.17, 15) is 10.1 Å². The zero-order valence-corrected chi connectivity index (χ0v) is 14.9. The number of methoxy groups -OCH3 is 2. The molecule has 0 saturated carbocycles. The molecule has 2 aromatic rings. The van der Waals surface area contributed by atoms with Crippen LogP contribution in [-0.4, -0.2) is 26.7 Å². The van der Waals surface area contributed by atoms with Crippen LogP contribution in [0.2, 0.25) is 0 Å². The van der Waals surface area contributed by atoms with Gasteiger partial charge in [0.1, 0.15) is 17.4 Å². The first-order valence-corrected chi connectivity index (χ1v) is 8.00. The molecule has 0 aliphatic heterocycles. The van der Waals surface area contributed by atoms with E-state index in [4.69, 9.17) is 14.2 Å². The molecule has 0 spiro atoms.